The highest BCUT2D eigenvalue weighted by molar-refractivity contribution is 6.25. The minimum atomic E-state index is -0.825. The molecule has 0 aliphatic carbocycles. The third kappa shape index (κ3) is 2.49. The third-order valence-electron chi connectivity index (χ3n) is 6.74. The van der Waals surface area contributed by atoms with Crippen molar-refractivity contribution in [2.75, 3.05) is 9.80 Å². The van der Waals surface area contributed by atoms with E-state index >= 15 is 0 Å². The summed E-state index contributed by atoms with van der Waals surface area (Å²) in [7, 11) is 0. The van der Waals surface area contributed by atoms with Gasteiger partial charge in [-0.25, -0.2) is 4.90 Å². The number of nitrogens with zero attached hydrogens (tertiary/aromatic N) is 2. The Labute approximate surface area is 184 Å². The van der Waals surface area contributed by atoms with Gasteiger partial charge in [-0.3, -0.25) is 14.4 Å². The van der Waals surface area contributed by atoms with Gasteiger partial charge in [0.1, 0.15) is 6.04 Å². The lowest BCUT2D eigenvalue weighted by Gasteiger charge is -2.36. The van der Waals surface area contributed by atoms with Gasteiger partial charge in [0.05, 0.1) is 29.8 Å². The van der Waals surface area contributed by atoms with Crippen molar-refractivity contribution in [2.24, 2.45) is 11.8 Å². The lowest BCUT2D eigenvalue weighted by Crippen LogP contribution is -2.48. The molecule has 6 heteroatoms. The number of imide groups is 1. The summed E-state index contributed by atoms with van der Waals surface area (Å²) in [6.45, 7) is 1.95. The molecule has 3 aliphatic rings. The van der Waals surface area contributed by atoms with Crippen LogP contribution in [0.4, 0.5) is 11.4 Å². The van der Waals surface area contributed by atoms with Gasteiger partial charge in [-0.2, -0.15) is 0 Å². The quantitative estimate of drug-likeness (QED) is 0.472. The summed E-state index contributed by atoms with van der Waals surface area (Å²) in [4.78, 5) is 44.1. The van der Waals surface area contributed by atoms with Crippen molar-refractivity contribution >= 4 is 35.0 Å². The molecule has 32 heavy (non-hydrogen) atoms. The first kappa shape index (κ1) is 18.8. The standard InChI is InChI=1S/C26H20N2O4/c1-15-8-11-17(12-9-15)27-25(30)21-19-13-10-16-5-2-3-6-18(16)28(19)23(22(21)26(27)31)24(29)20-7-4-14-32-20/h2-14,19,21-23H,1H3/t19-,21-,22-,23+/m1/s1. The maximum absolute atomic E-state index is 13.7. The molecular weight excluding hydrogens is 404 g/mol. The van der Waals surface area contributed by atoms with Gasteiger partial charge < -0.3 is 9.32 Å². The topological polar surface area (TPSA) is 70.8 Å². The Hall–Kier alpha value is -3.93. The number of aryl methyl sites for hydroxylation is 1. The van der Waals surface area contributed by atoms with E-state index in [2.05, 4.69) is 0 Å². The Morgan fingerprint density at radius 1 is 0.906 bits per heavy atom. The minimum absolute atomic E-state index is 0.190. The molecular formula is C26H20N2O4. The van der Waals surface area contributed by atoms with Crippen LogP contribution in [0.1, 0.15) is 21.7 Å². The van der Waals surface area contributed by atoms with Crippen LogP contribution in [-0.2, 0) is 9.59 Å². The van der Waals surface area contributed by atoms with Gasteiger partial charge in [0.25, 0.3) is 0 Å². The van der Waals surface area contributed by atoms with Crippen LogP contribution in [0.2, 0.25) is 0 Å². The van der Waals surface area contributed by atoms with Gasteiger partial charge in [-0.05, 0) is 42.8 Å². The molecule has 0 saturated carbocycles. The fourth-order valence-electron chi connectivity index (χ4n) is 5.33. The van der Waals surface area contributed by atoms with E-state index in [4.69, 9.17) is 4.42 Å². The number of fused-ring (bicyclic) bond motifs is 5. The Morgan fingerprint density at radius 3 is 2.41 bits per heavy atom. The number of benzene rings is 2. The molecule has 3 aromatic rings. The average molecular weight is 424 g/mol. The number of rotatable bonds is 3. The van der Waals surface area contributed by atoms with Crippen molar-refractivity contribution in [1.82, 2.24) is 0 Å². The van der Waals surface area contributed by atoms with Gasteiger partial charge >= 0.3 is 0 Å². The number of hydrogen-bond acceptors (Lipinski definition) is 5. The number of ketones is 1. The predicted octanol–water partition coefficient (Wildman–Crippen LogP) is 3.86. The van der Waals surface area contributed by atoms with Crippen LogP contribution in [0.3, 0.4) is 0 Å². The van der Waals surface area contributed by atoms with E-state index in [1.807, 2.05) is 60.4 Å². The molecule has 2 amide bonds. The number of carbonyl (C=O) groups is 3. The largest absolute Gasteiger partial charge is 0.461 e. The van der Waals surface area contributed by atoms with E-state index in [1.165, 1.54) is 11.2 Å². The first-order valence-corrected chi connectivity index (χ1v) is 10.6. The average Bonchev–Trinajstić information content (AvgIpc) is 3.51. The second kappa shape index (κ2) is 6.79. The van der Waals surface area contributed by atoms with E-state index in [1.54, 1.807) is 24.3 Å². The molecule has 0 radical (unpaired) electrons. The molecule has 3 aliphatic heterocycles. The van der Waals surface area contributed by atoms with Crippen LogP contribution in [0.15, 0.2) is 77.4 Å². The summed E-state index contributed by atoms with van der Waals surface area (Å²) in [5.74, 6) is -2.13. The number of anilines is 2. The zero-order chi connectivity index (χ0) is 22.0. The van der Waals surface area contributed by atoms with Crippen LogP contribution in [0.25, 0.3) is 6.08 Å². The molecule has 0 spiro atoms. The Balaban J connectivity index is 1.50. The van der Waals surface area contributed by atoms with Crippen molar-refractivity contribution < 1.29 is 18.8 Å². The van der Waals surface area contributed by atoms with Crippen LogP contribution in [0.5, 0.6) is 0 Å². The normalized spacial score (nSPS) is 25.7. The molecule has 0 unspecified atom stereocenters. The monoisotopic (exact) mass is 424 g/mol. The SMILES string of the molecule is Cc1ccc(N2C(=O)[C@@H]3[C@H](C2=O)[C@H]2C=Cc4ccccc4N2[C@@H]3C(=O)c2ccco2)cc1. The number of furan rings is 1. The zero-order valence-electron chi connectivity index (χ0n) is 17.3. The third-order valence-corrected chi connectivity index (χ3v) is 6.74. The highest BCUT2D eigenvalue weighted by atomic mass is 16.3. The summed E-state index contributed by atoms with van der Waals surface area (Å²) in [5.41, 5.74) is 3.38. The van der Waals surface area contributed by atoms with Gasteiger partial charge in [-0.15, -0.1) is 0 Å². The first-order chi connectivity index (χ1) is 15.6. The number of carbonyl (C=O) groups excluding carboxylic acids is 3. The molecule has 158 valence electrons. The fourth-order valence-corrected chi connectivity index (χ4v) is 5.33. The van der Waals surface area contributed by atoms with Crippen LogP contribution in [-0.4, -0.2) is 29.7 Å². The lowest BCUT2D eigenvalue weighted by molar-refractivity contribution is -0.122. The van der Waals surface area contributed by atoms with Crippen LogP contribution < -0.4 is 9.80 Å². The van der Waals surface area contributed by atoms with Crippen molar-refractivity contribution in [2.45, 2.75) is 19.0 Å². The summed E-state index contributed by atoms with van der Waals surface area (Å²) >= 11 is 0. The Kier molecular flexibility index (Phi) is 3.99. The fraction of sp³-hybridized carbons (Fsp3) is 0.192. The van der Waals surface area contributed by atoms with E-state index < -0.39 is 17.9 Å². The number of hydrogen-bond donors (Lipinski definition) is 0. The molecule has 2 fully saturated rings. The number of para-hydroxylation sites is 1. The molecule has 0 bridgehead atoms. The van der Waals surface area contributed by atoms with Crippen LogP contribution in [0, 0.1) is 18.8 Å². The highest BCUT2D eigenvalue weighted by Gasteiger charge is 2.64. The van der Waals surface area contributed by atoms with Crippen LogP contribution >= 0.6 is 0 Å². The summed E-state index contributed by atoms with van der Waals surface area (Å²) in [6, 6.07) is 17.1. The second-order valence-corrected chi connectivity index (χ2v) is 8.50. The molecule has 6 rings (SSSR count). The van der Waals surface area contributed by atoms with Gasteiger partial charge in [0, 0.05) is 5.69 Å². The predicted molar refractivity (Wildman–Crippen MR) is 119 cm³/mol. The number of Topliss-reactive ketones (excluding diaryl/α,β-unsaturated/α-hetero) is 1. The van der Waals surface area contributed by atoms with Gasteiger partial charge in [-0.1, -0.05) is 48.0 Å². The minimum Gasteiger partial charge on any atom is -0.461 e. The van der Waals surface area contributed by atoms with E-state index in [0.29, 0.717) is 5.69 Å². The summed E-state index contributed by atoms with van der Waals surface area (Å²) in [5, 5.41) is 0. The summed E-state index contributed by atoms with van der Waals surface area (Å²) < 4.78 is 5.41. The maximum atomic E-state index is 13.7. The number of amides is 2. The molecule has 1 aromatic heterocycles. The molecule has 4 atom stereocenters. The smallest absolute Gasteiger partial charge is 0.240 e. The lowest BCUT2D eigenvalue weighted by atomic mass is 9.87. The van der Waals surface area contributed by atoms with E-state index in [0.717, 1.165) is 16.8 Å². The van der Waals surface area contributed by atoms with Crippen molar-refractivity contribution in [3.63, 3.8) is 0 Å². The maximum Gasteiger partial charge on any atom is 0.240 e. The van der Waals surface area contributed by atoms with E-state index in [-0.39, 0.29) is 29.4 Å². The molecule has 0 N–H and O–H groups in total. The highest BCUT2D eigenvalue weighted by Crippen LogP contribution is 2.49. The molecule has 2 aromatic carbocycles. The molecule has 2 saturated heterocycles. The second-order valence-electron chi connectivity index (χ2n) is 8.50. The van der Waals surface area contributed by atoms with Crippen molar-refractivity contribution in [1.29, 1.82) is 0 Å². The van der Waals surface area contributed by atoms with Gasteiger partial charge in [0.15, 0.2) is 5.76 Å². The van der Waals surface area contributed by atoms with Gasteiger partial charge in [0.2, 0.25) is 17.6 Å². The van der Waals surface area contributed by atoms with Crippen molar-refractivity contribution in [3.05, 3.63) is 89.9 Å². The zero-order valence-corrected chi connectivity index (χ0v) is 17.3. The molecule has 6 nitrogen and oxygen atoms in total. The molecule has 4 heterocycles. The van der Waals surface area contributed by atoms with E-state index in [9.17, 15) is 14.4 Å². The van der Waals surface area contributed by atoms with Crippen molar-refractivity contribution in [3.8, 4) is 0 Å². The Bertz CT molecular complexity index is 1280. The Morgan fingerprint density at radius 2 is 1.66 bits per heavy atom. The summed E-state index contributed by atoms with van der Waals surface area (Å²) in [6.07, 6.45) is 5.36. The first-order valence-electron chi connectivity index (χ1n) is 10.6.